The van der Waals surface area contributed by atoms with Crippen LogP contribution in [0.15, 0.2) is 0 Å². The summed E-state index contributed by atoms with van der Waals surface area (Å²) in [7, 11) is 0. The van der Waals surface area contributed by atoms with Crippen molar-refractivity contribution in [3.63, 3.8) is 0 Å². The fourth-order valence-corrected chi connectivity index (χ4v) is 0. The summed E-state index contributed by atoms with van der Waals surface area (Å²) in [6.45, 7) is 0. The summed E-state index contributed by atoms with van der Waals surface area (Å²) in [6, 6.07) is 0. The van der Waals surface area contributed by atoms with E-state index in [-0.39, 0.29) is 143 Å². The van der Waals surface area contributed by atoms with E-state index in [1.54, 1.807) is 0 Å². The number of hydrogen-bond donors (Lipinski definition) is 0. The zero-order valence-electron chi connectivity index (χ0n) is 3.06. The molecule has 0 amide bonds. The van der Waals surface area contributed by atoms with Crippen molar-refractivity contribution in [2.24, 2.45) is 0 Å². The van der Waals surface area contributed by atoms with Crippen molar-refractivity contribution in [1.82, 2.24) is 0 Å². The van der Waals surface area contributed by atoms with E-state index in [1.165, 1.54) is 0 Å². The molecule has 20 valence electrons. The van der Waals surface area contributed by atoms with Gasteiger partial charge in [0.15, 0.2) is 0 Å². The normalized spacial score (nSPS) is 0. The molecule has 5 heavy (non-hydrogen) atoms. The van der Waals surface area contributed by atoms with Crippen molar-refractivity contribution < 1.29 is 17.1 Å². The van der Waals surface area contributed by atoms with Crippen LogP contribution in [0, 0.1) is 0 Å². The molecule has 0 aromatic heterocycles. The van der Waals surface area contributed by atoms with Crippen LogP contribution in [0.4, 0.5) is 0 Å². The molecule has 0 unspecified atom stereocenters. The van der Waals surface area contributed by atoms with E-state index in [1.807, 2.05) is 0 Å². The zero-order chi connectivity index (χ0) is 0. The van der Waals surface area contributed by atoms with Gasteiger partial charge in [0.25, 0.3) is 0 Å². The Kier molecular flexibility index (Phi) is 162. The topological polar surface area (TPSA) is 0 Å². The molecule has 0 fully saturated rings. The third-order valence-electron chi connectivity index (χ3n) is 0. The largest absolute Gasteiger partial charge is 0.0776 e. The molecule has 0 aliphatic rings. The SMILES string of the molecule is C.[Ca].[Fe].[K].[Na]. The summed E-state index contributed by atoms with van der Waals surface area (Å²) >= 11 is 0. The minimum absolute atomic E-state index is 0. The second-order valence-corrected chi connectivity index (χ2v) is 0. The van der Waals surface area contributed by atoms with Crippen molar-refractivity contribution >= 4 is 119 Å². The molecule has 0 aliphatic heterocycles. The van der Waals surface area contributed by atoms with Crippen molar-refractivity contribution in [2.75, 3.05) is 0 Å². The predicted molar refractivity (Wildman–Crippen MR) is 24.0 cm³/mol. The smallest absolute Gasteiger partial charge is 0 e. The predicted octanol–water partition coefficient (Wildman–Crippen LogP) is -0.509. The Bertz CT molecular complexity index is 11.6. The summed E-state index contributed by atoms with van der Waals surface area (Å²) < 4.78 is 0. The van der Waals surface area contributed by atoms with Crippen molar-refractivity contribution in [1.29, 1.82) is 0 Å². The zero-order valence-corrected chi connectivity index (χ0v) is 11.5. The molecule has 0 aromatic rings. The van der Waals surface area contributed by atoms with Crippen LogP contribution in [0.3, 0.4) is 0 Å². The quantitative estimate of drug-likeness (QED) is 0.434. The molecule has 0 atom stereocenters. The molecule has 0 bridgehead atoms. The van der Waals surface area contributed by atoms with Crippen LogP contribution in [-0.4, -0.2) is 119 Å². The van der Waals surface area contributed by atoms with Gasteiger partial charge in [-0.2, -0.15) is 0 Å². The number of hydrogen-bond acceptors (Lipinski definition) is 0. The Morgan fingerprint density at radius 2 is 1.00 bits per heavy atom. The Morgan fingerprint density at radius 3 is 1.00 bits per heavy atom. The average Bonchev–Trinajstić information content (AvgIpc) is 0. The van der Waals surface area contributed by atoms with Gasteiger partial charge < -0.3 is 0 Å². The van der Waals surface area contributed by atoms with Crippen LogP contribution in [0.25, 0.3) is 0 Å². The van der Waals surface area contributed by atoms with Crippen LogP contribution in [0.2, 0.25) is 0 Å². The van der Waals surface area contributed by atoms with Gasteiger partial charge in [0, 0.05) is 136 Å². The van der Waals surface area contributed by atoms with Crippen LogP contribution in [-0.2, 0) is 17.1 Å². The molecule has 0 nitrogen and oxygen atoms in total. The molecule has 0 spiro atoms. The first kappa shape index (κ1) is 34.2. The van der Waals surface area contributed by atoms with Gasteiger partial charge in [-0.05, 0) is 0 Å². The van der Waals surface area contributed by atoms with E-state index in [4.69, 9.17) is 0 Å². The molecule has 0 saturated heterocycles. The van der Waals surface area contributed by atoms with Crippen LogP contribution < -0.4 is 0 Å². The summed E-state index contributed by atoms with van der Waals surface area (Å²) in [5.41, 5.74) is 0. The number of rotatable bonds is 0. The van der Waals surface area contributed by atoms with Gasteiger partial charge >= 0.3 is 0 Å². The maximum absolute atomic E-state index is 0. The minimum Gasteiger partial charge on any atom is -0.0776 e. The van der Waals surface area contributed by atoms with Crippen LogP contribution >= 0.6 is 0 Å². The molecule has 0 aromatic carbocycles. The van der Waals surface area contributed by atoms with Crippen molar-refractivity contribution in [3.05, 3.63) is 0 Å². The summed E-state index contributed by atoms with van der Waals surface area (Å²) in [5.74, 6) is 0. The second kappa shape index (κ2) is 23.7. The van der Waals surface area contributed by atoms with Gasteiger partial charge in [0.2, 0.25) is 0 Å². The minimum atomic E-state index is 0. The van der Waals surface area contributed by atoms with Gasteiger partial charge in [0.05, 0.1) is 0 Å². The average molecular weight is 174 g/mol. The van der Waals surface area contributed by atoms with E-state index >= 15 is 0 Å². The van der Waals surface area contributed by atoms with Gasteiger partial charge in [-0.3, -0.25) is 0 Å². The third-order valence-corrected chi connectivity index (χ3v) is 0. The third kappa shape index (κ3) is 17.8. The van der Waals surface area contributed by atoms with E-state index in [0.717, 1.165) is 0 Å². The first-order chi connectivity index (χ1) is 0. The summed E-state index contributed by atoms with van der Waals surface area (Å²) in [4.78, 5) is 0. The maximum atomic E-state index is 0. The van der Waals surface area contributed by atoms with Crippen molar-refractivity contribution in [2.45, 2.75) is 7.43 Å². The molecule has 0 N–H and O–H groups in total. The molecule has 0 rings (SSSR count). The van der Waals surface area contributed by atoms with Gasteiger partial charge in [-0.15, -0.1) is 0 Å². The van der Waals surface area contributed by atoms with Gasteiger partial charge in [-0.1, -0.05) is 7.43 Å². The molecule has 4 radical (unpaired) electrons. The molecular weight excluding hydrogens is 170 g/mol. The fourth-order valence-electron chi connectivity index (χ4n) is 0. The van der Waals surface area contributed by atoms with Crippen LogP contribution in [0.1, 0.15) is 7.43 Å². The molecule has 0 aliphatic carbocycles. The monoisotopic (exact) mass is 174 g/mol. The summed E-state index contributed by atoms with van der Waals surface area (Å²) in [5, 5.41) is 0. The second-order valence-electron chi connectivity index (χ2n) is 0. The first-order valence-electron chi connectivity index (χ1n) is 0. The molecular formula is CH4CaFeKNa. The Labute approximate surface area is 139 Å². The molecule has 0 saturated carbocycles. The maximum Gasteiger partial charge on any atom is 0 e. The molecule has 4 heteroatoms. The van der Waals surface area contributed by atoms with E-state index in [2.05, 4.69) is 0 Å². The Morgan fingerprint density at radius 1 is 1.00 bits per heavy atom. The van der Waals surface area contributed by atoms with Gasteiger partial charge in [0.1, 0.15) is 0 Å². The standard InChI is InChI=1S/CH4.Ca.Fe.K.Na/h1H4;;;;. The van der Waals surface area contributed by atoms with Crippen molar-refractivity contribution in [3.8, 4) is 0 Å². The Hall–Kier alpha value is 4.42. The summed E-state index contributed by atoms with van der Waals surface area (Å²) in [6.07, 6.45) is 0. The van der Waals surface area contributed by atoms with E-state index in [9.17, 15) is 0 Å². The van der Waals surface area contributed by atoms with Gasteiger partial charge in [-0.25, -0.2) is 0 Å². The van der Waals surface area contributed by atoms with E-state index in [0.29, 0.717) is 0 Å². The molecule has 0 heterocycles. The fraction of sp³-hybridized carbons (Fsp3) is 1.00. The Balaban J connectivity index is 0. The van der Waals surface area contributed by atoms with Crippen LogP contribution in [0.5, 0.6) is 0 Å². The van der Waals surface area contributed by atoms with E-state index < -0.39 is 0 Å². The first-order valence-corrected chi connectivity index (χ1v) is 0.